The van der Waals surface area contributed by atoms with Crippen LogP contribution in [-0.2, 0) is 4.79 Å². The highest BCUT2D eigenvalue weighted by molar-refractivity contribution is 5.78. The molecular formula is C21H33NO. The monoisotopic (exact) mass is 315 g/mol. The first-order chi connectivity index (χ1) is 11.2. The lowest BCUT2D eigenvalue weighted by atomic mass is 9.90. The van der Waals surface area contributed by atoms with Crippen molar-refractivity contribution in [3.63, 3.8) is 0 Å². The van der Waals surface area contributed by atoms with Crippen molar-refractivity contribution in [3.05, 3.63) is 34.9 Å². The van der Waals surface area contributed by atoms with Crippen LogP contribution in [0.4, 0.5) is 0 Å². The molecule has 1 heterocycles. The fourth-order valence-electron chi connectivity index (χ4n) is 3.58. The van der Waals surface area contributed by atoms with E-state index in [9.17, 15) is 4.79 Å². The van der Waals surface area contributed by atoms with E-state index in [1.807, 2.05) is 0 Å². The molecule has 23 heavy (non-hydrogen) atoms. The molecule has 2 rings (SSSR count). The van der Waals surface area contributed by atoms with E-state index in [-0.39, 0.29) is 0 Å². The molecule has 0 amide bonds. The standard InChI is InChI=1S/C21H33NO/c1-3-8-20-17-19(11-10-18(20)2)12-13-21(23)9-7-16-22-14-5-4-6-15-22/h3,8,17H,4-7,9-16H2,1-2H3/b8-3-. The molecule has 0 N–H and O–H groups in total. The summed E-state index contributed by atoms with van der Waals surface area (Å²) in [7, 11) is 0. The van der Waals surface area contributed by atoms with Crippen LogP contribution in [0.3, 0.4) is 0 Å². The number of Topliss-reactive ketones (excluding diaryl/α,β-unsaturated/α-hetero) is 1. The van der Waals surface area contributed by atoms with Crippen LogP contribution in [0.25, 0.3) is 0 Å². The van der Waals surface area contributed by atoms with Crippen LogP contribution in [0.5, 0.6) is 0 Å². The topological polar surface area (TPSA) is 20.3 Å². The Hall–Kier alpha value is -1.15. The Morgan fingerprint density at radius 1 is 1.17 bits per heavy atom. The maximum absolute atomic E-state index is 12.1. The zero-order chi connectivity index (χ0) is 16.5. The van der Waals surface area contributed by atoms with Gasteiger partial charge in [0.25, 0.3) is 0 Å². The third kappa shape index (κ3) is 6.47. The zero-order valence-electron chi connectivity index (χ0n) is 15.1. The van der Waals surface area contributed by atoms with Crippen molar-refractivity contribution >= 4 is 5.78 Å². The second kappa shape index (κ2) is 9.87. The molecule has 0 aromatic heterocycles. The molecule has 0 radical (unpaired) electrons. The first-order valence-corrected chi connectivity index (χ1v) is 9.45. The van der Waals surface area contributed by atoms with Crippen LogP contribution < -0.4 is 0 Å². The van der Waals surface area contributed by atoms with E-state index < -0.39 is 0 Å². The predicted molar refractivity (Wildman–Crippen MR) is 98.6 cm³/mol. The van der Waals surface area contributed by atoms with Crippen LogP contribution in [-0.4, -0.2) is 30.3 Å². The molecule has 0 bridgehead atoms. The van der Waals surface area contributed by atoms with Crippen LogP contribution in [0.1, 0.15) is 71.6 Å². The Bertz CT molecular complexity index is 478. The molecule has 2 heteroatoms. The molecule has 1 aliphatic heterocycles. The average molecular weight is 316 g/mol. The van der Waals surface area contributed by atoms with Crippen molar-refractivity contribution in [1.29, 1.82) is 0 Å². The van der Waals surface area contributed by atoms with E-state index in [0.29, 0.717) is 5.78 Å². The fraction of sp³-hybridized carbons (Fsp3) is 0.667. The molecule has 2 aliphatic rings. The molecule has 1 aliphatic carbocycles. The van der Waals surface area contributed by atoms with E-state index in [1.165, 1.54) is 49.1 Å². The van der Waals surface area contributed by atoms with Gasteiger partial charge in [0.2, 0.25) is 0 Å². The van der Waals surface area contributed by atoms with Gasteiger partial charge in [0.1, 0.15) is 5.78 Å². The number of nitrogens with zero attached hydrogens (tertiary/aromatic N) is 1. The Kier molecular flexibility index (Phi) is 7.81. The summed E-state index contributed by atoms with van der Waals surface area (Å²) in [6, 6.07) is 0. The Labute approximate surface area is 142 Å². The molecule has 1 saturated heterocycles. The van der Waals surface area contributed by atoms with Crippen molar-refractivity contribution in [2.45, 2.75) is 71.6 Å². The Morgan fingerprint density at radius 2 is 1.96 bits per heavy atom. The highest BCUT2D eigenvalue weighted by Crippen LogP contribution is 2.27. The number of hydrogen-bond acceptors (Lipinski definition) is 2. The summed E-state index contributed by atoms with van der Waals surface area (Å²) >= 11 is 0. The third-order valence-corrected chi connectivity index (χ3v) is 5.12. The fourth-order valence-corrected chi connectivity index (χ4v) is 3.58. The van der Waals surface area contributed by atoms with Gasteiger partial charge in [-0.15, -0.1) is 0 Å². The summed E-state index contributed by atoms with van der Waals surface area (Å²) < 4.78 is 0. The number of allylic oxidation sites excluding steroid dienone is 6. The van der Waals surface area contributed by atoms with E-state index in [1.54, 1.807) is 0 Å². The van der Waals surface area contributed by atoms with Gasteiger partial charge in [0.05, 0.1) is 0 Å². The molecule has 0 saturated carbocycles. The zero-order valence-corrected chi connectivity index (χ0v) is 15.1. The Morgan fingerprint density at radius 3 is 2.70 bits per heavy atom. The molecule has 128 valence electrons. The van der Waals surface area contributed by atoms with Gasteiger partial charge in [-0.2, -0.15) is 0 Å². The quantitative estimate of drug-likeness (QED) is 0.612. The van der Waals surface area contributed by atoms with Gasteiger partial charge in [0, 0.05) is 12.8 Å². The van der Waals surface area contributed by atoms with Crippen LogP contribution in [0.2, 0.25) is 0 Å². The highest BCUT2D eigenvalue weighted by Gasteiger charge is 2.12. The molecule has 0 spiro atoms. The van der Waals surface area contributed by atoms with Crippen molar-refractivity contribution in [3.8, 4) is 0 Å². The number of carbonyl (C=O) groups is 1. The summed E-state index contributed by atoms with van der Waals surface area (Å²) in [6.07, 6.45) is 16.4. The molecule has 2 nitrogen and oxygen atoms in total. The van der Waals surface area contributed by atoms with Crippen molar-refractivity contribution < 1.29 is 4.79 Å². The lowest BCUT2D eigenvalue weighted by Crippen LogP contribution is -2.30. The second-order valence-corrected chi connectivity index (χ2v) is 7.08. The normalized spacial score (nSPS) is 20.2. The average Bonchev–Trinajstić information content (AvgIpc) is 2.57. The van der Waals surface area contributed by atoms with E-state index in [4.69, 9.17) is 0 Å². The smallest absolute Gasteiger partial charge is 0.133 e. The number of rotatable bonds is 8. The van der Waals surface area contributed by atoms with E-state index >= 15 is 0 Å². The number of piperidine rings is 1. The lowest BCUT2D eigenvalue weighted by Gasteiger charge is -2.26. The minimum Gasteiger partial charge on any atom is -0.303 e. The lowest BCUT2D eigenvalue weighted by molar-refractivity contribution is -0.119. The summed E-state index contributed by atoms with van der Waals surface area (Å²) in [5, 5.41) is 0. The summed E-state index contributed by atoms with van der Waals surface area (Å²) in [6.45, 7) is 7.87. The highest BCUT2D eigenvalue weighted by atomic mass is 16.1. The summed E-state index contributed by atoms with van der Waals surface area (Å²) in [5.74, 6) is 0.446. The van der Waals surface area contributed by atoms with Gasteiger partial charge >= 0.3 is 0 Å². The number of likely N-dealkylation sites (tertiary alicyclic amines) is 1. The van der Waals surface area contributed by atoms with E-state index in [2.05, 4.69) is 37.0 Å². The molecule has 1 fully saturated rings. The van der Waals surface area contributed by atoms with Gasteiger partial charge in [-0.25, -0.2) is 0 Å². The van der Waals surface area contributed by atoms with Crippen molar-refractivity contribution in [2.75, 3.05) is 19.6 Å². The van der Waals surface area contributed by atoms with Gasteiger partial charge in [-0.1, -0.05) is 35.8 Å². The van der Waals surface area contributed by atoms with Gasteiger partial charge < -0.3 is 4.90 Å². The van der Waals surface area contributed by atoms with Crippen LogP contribution in [0, 0.1) is 0 Å². The first kappa shape index (κ1) is 18.2. The molecule has 0 aromatic rings. The second-order valence-electron chi connectivity index (χ2n) is 7.08. The molecule has 0 aromatic carbocycles. The minimum absolute atomic E-state index is 0.446. The number of carbonyl (C=O) groups excluding carboxylic acids is 1. The van der Waals surface area contributed by atoms with E-state index in [0.717, 1.165) is 45.1 Å². The number of ketones is 1. The van der Waals surface area contributed by atoms with Crippen molar-refractivity contribution in [1.82, 2.24) is 4.90 Å². The predicted octanol–water partition coefficient (Wildman–Crippen LogP) is 5.21. The minimum atomic E-state index is 0.446. The van der Waals surface area contributed by atoms with Crippen LogP contribution in [0.15, 0.2) is 34.9 Å². The largest absolute Gasteiger partial charge is 0.303 e. The van der Waals surface area contributed by atoms with Gasteiger partial charge in [-0.3, -0.25) is 4.79 Å². The summed E-state index contributed by atoms with van der Waals surface area (Å²) in [5.41, 5.74) is 4.28. The number of hydrogen-bond donors (Lipinski definition) is 0. The van der Waals surface area contributed by atoms with Crippen molar-refractivity contribution in [2.24, 2.45) is 0 Å². The molecule has 0 unspecified atom stereocenters. The SMILES string of the molecule is C/C=C\C1=C(C)CCC(CCC(=O)CCCN2CCCCC2)=C1. The molecule has 0 atom stereocenters. The Balaban J connectivity index is 1.67. The summed E-state index contributed by atoms with van der Waals surface area (Å²) in [4.78, 5) is 14.7. The molecular weight excluding hydrogens is 282 g/mol. The third-order valence-electron chi connectivity index (χ3n) is 5.12. The van der Waals surface area contributed by atoms with Gasteiger partial charge in [-0.05, 0) is 77.6 Å². The maximum atomic E-state index is 12.1. The first-order valence-electron chi connectivity index (χ1n) is 9.45. The maximum Gasteiger partial charge on any atom is 0.133 e. The van der Waals surface area contributed by atoms with Crippen LogP contribution >= 0.6 is 0 Å². The van der Waals surface area contributed by atoms with Gasteiger partial charge in [0.15, 0.2) is 0 Å².